The third-order valence-electron chi connectivity index (χ3n) is 5.46. The van der Waals surface area contributed by atoms with Crippen LogP contribution in [0.4, 0.5) is 5.69 Å². The number of sulfonamides is 1. The van der Waals surface area contributed by atoms with Crippen molar-refractivity contribution in [1.82, 2.24) is 9.73 Å². The summed E-state index contributed by atoms with van der Waals surface area (Å²) in [5, 5.41) is 6.56. The van der Waals surface area contributed by atoms with Gasteiger partial charge in [0.05, 0.1) is 39.0 Å². The molecule has 0 saturated carbocycles. The van der Waals surface area contributed by atoms with Gasteiger partial charge >= 0.3 is 0 Å². The minimum atomic E-state index is -4.09. The molecule has 3 rings (SSSR count). The van der Waals surface area contributed by atoms with E-state index in [9.17, 15) is 18.0 Å². The van der Waals surface area contributed by atoms with Crippen molar-refractivity contribution in [3.63, 3.8) is 0 Å². The molecule has 0 aliphatic heterocycles. The number of methoxy groups -OCH3 is 3. The summed E-state index contributed by atoms with van der Waals surface area (Å²) >= 11 is 0. The zero-order chi connectivity index (χ0) is 28.4. The summed E-state index contributed by atoms with van der Waals surface area (Å²) in [6.45, 7) is 0.816. The van der Waals surface area contributed by atoms with Crippen molar-refractivity contribution in [3.8, 4) is 17.2 Å². The smallest absolute Gasteiger partial charge is 0.255 e. The second-order valence-corrected chi connectivity index (χ2v) is 10.1. The quantitative estimate of drug-likeness (QED) is 0.260. The maximum atomic E-state index is 13.5. The fourth-order valence-corrected chi connectivity index (χ4v) is 5.06. The third kappa shape index (κ3) is 7.55. The van der Waals surface area contributed by atoms with Crippen LogP contribution in [0, 0.1) is 0 Å². The van der Waals surface area contributed by atoms with Gasteiger partial charge in [0, 0.05) is 24.7 Å². The molecule has 0 aliphatic rings. The molecular weight excluding hydrogens is 524 g/mol. The molecule has 0 atom stereocenters. The van der Waals surface area contributed by atoms with E-state index in [0.29, 0.717) is 34.1 Å². The van der Waals surface area contributed by atoms with Gasteiger partial charge in [-0.25, -0.2) is 13.8 Å². The van der Waals surface area contributed by atoms with Crippen LogP contribution in [0.15, 0.2) is 76.7 Å². The number of nitrogens with zero attached hydrogens (tertiary/aromatic N) is 2. The van der Waals surface area contributed by atoms with Crippen molar-refractivity contribution in [2.45, 2.75) is 18.4 Å². The lowest BCUT2D eigenvalue weighted by Gasteiger charge is -2.21. The summed E-state index contributed by atoms with van der Waals surface area (Å²) in [6.07, 6.45) is 1.36. The molecule has 0 fully saturated rings. The number of hydrazone groups is 1. The first kappa shape index (κ1) is 29.1. The molecule has 11 nitrogen and oxygen atoms in total. The number of nitrogens with one attached hydrogen (secondary N) is 2. The monoisotopic (exact) mass is 554 g/mol. The zero-order valence-corrected chi connectivity index (χ0v) is 22.8. The van der Waals surface area contributed by atoms with Crippen LogP contribution in [0.5, 0.6) is 17.2 Å². The second-order valence-electron chi connectivity index (χ2n) is 8.18. The summed E-state index contributed by atoms with van der Waals surface area (Å²) in [5.41, 5.74) is 4.02. The molecule has 3 aromatic rings. The van der Waals surface area contributed by atoms with E-state index in [1.54, 1.807) is 36.4 Å². The van der Waals surface area contributed by atoms with E-state index in [-0.39, 0.29) is 17.3 Å². The molecule has 0 spiro atoms. The van der Waals surface area contributed by atoms with E-state index < -0.39 is 22.5 Å². The Bertz CT molecular complexity index is 1430. The number of anilines is 1. The molecule has 2 amide bonds. The zero-order valence-electron chi connectivity index (χ0n) is 22.0. The molecular formula is C27H30N4O7S. The molecule has 2 N–H and O–H groups in total. The van der Waals surface area contributed by atoms with Gasteiger partial charge < -0.3 is 19.5 Å². The standard InChI is InChI=1S/C27H30N4O7S/c1-19(32)29-22-11-13-23(14-12-22)39(34,35)31(17-20-8-6-5-7-9-20)18-25(33)30-28-16-21-10-15-24(36-2)27(38-4)26(21)37-3/h5-16H,17-18H2,1-4H3,(H,29,32)(H,30,33)/b28-16-. The van der Waals surface area contributed by atoms with Crippen molar-refractivity contribution in [1.29, 1.82) is 0 Å². The van der Waals surface area contributed by atoms with Crippen molar-refractivity contribution >= 4 is 33.7 Å². The van der Waals surface area contributed by atoms with Crippen LogP contribution >= 0.6 is 0 Å². The molecule has 0 heterocycles. The van der Waals surface area contributed by atoms with Crippen molar-refractivity contribution in [2.75, 3.05) is 33.2 Å². The van der Waals surface area contributed by atoms with Gasteiger partial charge in [-0.05, 0) is 42.0 Å². The lowest BCUT2D eigenvalue weighted by atomic mass is 10.2. The highest BCUT2D eigenvalue weighted by Crippen LogP contribution is 2.39. The number of benzene rings is 3. The topological polar surface area (TPSA) is 136 Å². The Balaban J connectivity index is 1.81. The van der Waals surface area contributed by atoms with Crippen LogP contribution in [0.25, 0.3) is 0 Å². The molecule has 0 bridgehead atoms. The van der Waals surface area contributed by atoms with Crippen LogP contribution < -0.4 is 25.0 Å². The number of ether oxygens (including phenoxy) is 3. The van der Waals surface area contributed by atoms with Crippen LogP contribution in [0.1, 0.15) is 18.1 Å². The van der Waals surface area contributed by atoms with E-state index >= 15 is 0 Å². The summed E-state index contributed by atoms with van der Waals surface area (Å²) in [7, 11) is 0.342. The summed E-state index contributed by atoms with van der Waals surface area (Å²) in [6, 6.07) is 18.0. The van der Waals surface area contributed by atoms with Gasteiger partial charge in [-0.1, -0.05) is 30.3 Å². The molecule has 0 unspecified atom stereocenters. The van der Waals surface area contributed by atoms with Crippen LogP contribution in [0.2, 0.25) is 0 Å². The Hall–Kier alpha value is -4.42. The Morgan fingerprint density at radius 3 is 2.15 bits per heavy atom. The number of rotatable bonds is 12. The fraction of sp³-hybridized carbons (Fsp3) is 0.222. The van der Waals surface area contributed by atoms with E-state index in [1.807, 2.05) is 6.07 Å². The first-order chi connectivity index (χ1) is 18.7. The summed E-state index contributed by atoms with van der Waals surface area (Å²) in [5.74, 6) is 0.243. The number of carbonyl (C=O) groups excluding carboxylic acids is 2. The number of hydrogen-bond acceptors (Lipinski definition) is 8. The van der Waals surface area contributed by atoms with E-state index in [1.165, 1.54) is 58.7 Å². The van der Waals surface area contributed by atoms with Gasteiger partial charge in [-0.2, -0.15) is 9.41 Å². The Morgan fingerprint density at radius 2 is 1.56 bits per heavy atom. The normalized spacial score (nSPS) is 11.3. The minimum absolute atomic E-state index is 0.0288. The van der Waals surface area contributed by atoms with Gasteiger partial charge in [-0.3, -0.25) is 9.59 Å². The SMILES string of the molecule is COc1ccc(/C=N\NC(=O)CN(Cc2ccccc2)S(=O)(=O)c2ccc(NC(C)=O)cc2)c(OC)c1OC. The van der Waals surface area contributed by atoms with Crippen molar-refractivity contribution in [2.24, 2.45) is 5.10 Å². The van der Waals surface area contributed by atoms with E-state index in [2.05, 4.69) is 15.8 Å². The number of carbonyl (C=O) groups is 2. The highest BCUT2D eigenvalue weighted by molar-refractivity contribution is 7.89. The van der Waals surface area contributed by atoms with Crippen molar-refractivity contribution < 1.29 is 32.2 Å². The summed E-state index contributed by atoms with van der Waals surface area (Å²) in [4.78, 5) is 24.1. The molecule has 0 aromatic heterocycles. The molecule has 206 valence electrons. The lowest BCUT2D eigenvalue weighted by molar-refractivity contribution is -0.121. The average molecular weight is 555 g/mol. The maximum Gasteiger partial charge on any atom is 0.255 e. The minimum Gasteiger partial charge on any atom is -0.493 e. The first-order valence-electron chi connectivity index (χ1n) is 11.7. The van der Waals surface area contributed by atoms with Gasteiger partial charge in [0.2, 0.25) is 21.7 Å². The average Bonchev–Trinajstić information content (AvgIpc) is 2.92. The third-order valence-corrected chi connectivity index (χ3v) is 7.27. The van der Waals surface area contributed by atoms with Gasteiger partial charge in [-0.15, -0.1) is 0 Å². The molecule has 0 saturated heterocycles. The Kier molecular flexibility index (Phi) is 10.0. The maximum absolute atomic E-state index is 13.5. The Morgan fingerprint density at radius 1 is 0.897 bits per heavy atom. The summed E-state index contributed by atoms with van der Waals surface area (Å²) < 4.78 is 44.1. The largest absolute Gasteiger partial charge is 0.493 e. The predicted octanol–water partition coefficient (Wildman–Crippen LogP) is 3.01. The lowest BCUT2D eigenvalue weighted by Crippen LogP contribution is -2.39. The van der Waals surface area contributed by atoms with Crippen molar-refractivity contribution in [3.05, 3.63) is 77.9 Å². The highest BCUT2D eigenvalue weighted by Gasteiger charge is 2.27. The van der Waals surface area contributed by atoms with Gasteiger partial charge in [0.1, 0.15) is 0 Å². The highest BCUT2D eigenvalue weighted by atomic mass is 32.2. The van der Waals surface area contributed by atoms with E-state index in [0.717, 1.165) is 4.31 Å². The second kappa shape index (κ2) is 13.4. The number of hydrogen-bond donors (Lipinski definition) is 2. The van der Waals surface area contributed by atoms with Crippen LogP contribution in [-0.2, 0) is 26.2 Å². The molecule has 12 heteroatoms. The van der Waals surface area contributed by atoms with Crippen LogP contribution in [0.3, 0.4) is 0 Å². The molecule has 3 aromatic carbocycles. The Labute approximate surface area is 227 Å². The van der Waals surface area contributed by atoms with Crippen LogP contribution in [-0.4, -0.2) is 58.6 Å². The molecule has 0 aliphatic carbocycles. The fourth-order valence-electron chi connectivity index (χ4n) is 3.67. The predicted molar refractivity (Wildman–Crippen MR) is 147 cm³/mol. The molecule has 0 radical (unpaired) electrons. The first-order valence-corrected chi connectivity index (χ1v) is 13.2. The number of amides is 2. The van der Waals surface area contributed by atoms with E-state index in [4.69, 9.17) is 14.2 Å². The van der Waals surface area contributed by atoms with Gasteiger partial charge in [0.25, 0.3) is 5.91 Å². The molecule has 39 heavy (non-hydrogen) atoms. The van der Waals surface area contributed by atoms with Gasteiger partial charge in [0.15, 0.2) is 11.5 Å².